The van der Waals surface area contributed by atoms with E-state index in [0.717, 1.165) is 35.5 Å². The standard InChI is InChI=1S/C25H31NO5/c1-28-21-10-8-17(12-23(21)30-3)15-26-16-19(14-25(26)27)18-9-11-22(29-2)24(13-18)31-20-6-4-5-7-20/h8-13,19-20H,4-7,14-16H2,1-3H3. The molecule has 2 aromatic rings. The molecule has 1 heterocycles. The molecule has 6 nitrogen and oxygen atoms in total. The molecule has 2 aromatic carbocycles. The van der Waals surface area contributed by atoms with Crippen molar-refractivity contribution >= 4 is 5.91 Å². The summed E-state index contributed by atoms with van der Waals surface area (Å²) < 4.78 is 22.5. The summed E-state index contributed by atoms with van der Waals surface area (Å²) in [6, 6.07) is 11.9. The van der Waals surface area contributed by atoms with Crippen molar-refractivity contribution in [1.82, 2.24) is 4.90 Å². The van der Waals surface area contributed by atoms with Crippen LogP contribution in [0, 0.1) is 0 Å². The second-order valence-electron chi connectivity index (χ2n) is 8.30. The number of benzene rings is 2. The number of carbonyl (C=O) groups excluding carboxylic acids is 1. The van der Waals surface area contributed by atoms with Crippen molar-refractivity contribution in [2.75, 3.05) is 27.9 Å². The molecule has 1 aliphatic heterocycles. The summed E-state index contributed by atoms with van der Waals surface area (Å²) >= 11 is 0. The molecule has 6 heteroatoms. The highest BCUT2D eigenvalue weighted by Gasteiger charge is 2.31. The Morgan fingerprint density at radius 1 is 0.871 bits per heavy atom. The molecule has 1 aliphatic carbocycles. The van der Waals surface area contributed by atoms with E-state index in [1.807, 2.05) is 29.2 Å². The van der Waals surface area contributed by atoms with Crippen LogP contribution in [0.1, 0.15) is 49.1 Å². The zero-order valence-electron chi connectivity index (χ0n) is 18.6. The van der Waals surface area contributed by atoms with Gasteiger partial charge < -0.3 is 23.8 Å². The normalized spacial score (nSPS) is 19.0. The molecule has 0 spiro atoms. The Kier molecular flexibility index (Phi) is 6.54. The Morgan fingerprint density at radius 3 is 2.26 bits per heavy atom. The van der Waals surface area contributed by atoms with Crippen LogP contribution >= 0.6 is 0 Å². The highest BCUT2D eigenvalue weighted by atomic mass is 16.5. The number of carbonyl (C=O) groups is 1. The van der Waals surface area contributed by atoms with Gasteiger partial charge in [0.2, 0.25) is 5.91 Å². The lowest BCUT2D eigenvalue weighted by atomic mass is 9.98. The summed E-state index contributed by atoms with van der Waals surface area (Å²) in [6.45, 7) is 1.24. The molecular formula is C25H31NO5. The fourth-order valence-electron chi connectivity index (χ4n) is 4.57. The maximum Gasteiger partial charge on any atom is 0.223 e. The van der Waals surface area contributed by atoms with Gasteiger partial charge in [-0.1, -0.05) is 12.1 Å². The number of ether oxygens (including phenoxy) is 4. The van der Waals surface area contributed by atoms with Crippen LogP contribution in [0.25, 0.3) is 0 Å². The molecule has 1 saturated heterocycles. The summed E-state index contributed by atoms with van der Waals surface area (Å²) in [6.07, 6.45) is 5.38. The SMILES string of the molecule is COc1ccc(CN2CC(c3ccc(OC)c(OC4CCCC4)c3)CC2=O)cc1OC. The summed E-state index contributed by atoms with van der Waals surface area (Å²) in [7, 11) is 4.90. The third-order valence-electron chi connectivity index (χ3n) is 6.29. The number of methoxy groups -OCH3 is 3. The average molecular weight is 426 g/mol. The van der Waals surface area contributed by atoms with Crippen molar-refractivity contribution in [1.29, 1.82) is 0 Å². The molecule has 1 amide bonds. The Balaban J connectivity index is 1.47. The quantitative estimate of drug-likeness (QED) is 0.621. The van der Waals surface area contributed by atoms with Gasteiger partial charge in [-0.2, -0.15) is 0 Å². The van der Waals surface area contributed by atoms with Crippen molar-refractivity contribution in [3.05, 3.63) is 47.5 Å². The molecule has 0 radical (unpaired) electrons. The van der Waals surface area contributed by atoms with Crippen LogP contribution in [0.5, 0.6) is 23.0 Å². The van der Waals surface area contributed by atoms with Gasteiger partial charge in [0.25, 0.3) is 0 Å². The van der Waals surface area contributed by atoms with Crippen molar-refractivity contribution in [2.24, 2.45) is 0 Å². The Bertz CT molecular complexity index is 922. The van der Waals surface area contributed by atoms with E-state index in [9.17, 15) is 4.79 Å². The highest BCUT2D eigenvalue weighted by molar-refractivity contribution is 5.80. The van der Waals surface area contributed by atoms with Crippen LogP contribution in [0.15, 0.2) is 36.4 Å². The zero-order chi connectivity index (χ0) is 21.8. The molecule has 1 atom stereocenters. The highest BCUT2D eigenvalue weighted by Crippen LogP contribution is 2.37. The monoisotopic (exact) mass is 425 g/mol. The van der Waals surface area contributed by atoms with Gasteiger partial charge >= 0.3 is 0 Å². The minimum atomic E-state index is 0.143. The molecule has 0 N–H and O–H groups in total. The van der Waals surface area contributed by atoms with E-state index in [0.29, 0.717) is 31.0 Å². The number of hydrogen-bond donors (Lipinski definition) is 0. The second kappa shape index (κ2) is 9.50. The van der Waals surface area contributed by atoms with Crippen LogP contribution in [-0.4, -0.2) is 44.8 Å². The minimum Gasteiger partial charge on any atom is -0.493 e. The maximum atomic E-state index is 12.7. The van der Waals surface area contributed by atoms with Crippen molar-refractivity contribution < 1.29 is 23.7 Å². The first-order chi connectivity index (χ1) is 15.1. The predicted octanol–water partition coefficient (Wildman–Crippen LogP) is 4.55. The minimum absolute atomic E-state index is 0.143. The topological polar surface area (TPSA) is 57.2 Å². The average Bonchev–Trinajstić information content (AvgIpc) is 3.43. The van der Waals surface area contributed by atoms with E-state index in [4.69, 9.17) is 18.9 Å². The number of likely N-dealkylation sites (tertiary alicyclic amines) is 1. The molecule has 0 bridgehead atoms. The molecule has 1 unspecified atom stereocenters. The second-order valence-corrected chi connectivity index (χ2v) is 8.30. The summed E-state index contributed by atoms with van der Waals surface area (Å²) in [4.78, 5) is 14.7. The summed E-state index contributed by atoms with van der Waals surface area (Å²) in [5.74, 6) is 3.20. The predicted molar refractivity (Wildman–Crippen MR) is 118 cm³/mol. The zero-order valence-corrected chi connectivity index (χ0v) is 18.6. The van der Waals surface area contributed by atoms with Crippen LogP contribution in [-0.2, 0) is 11.3 Å². The van der Waals surface area contributed by atoms with Gasteiger partial charge in [0.15, 0.2) is 23.0 Å². The van der Waals surface area contributed by atoms with E-state index in [-0.39, 0.29) is 17.9 Å². The molecule has 31 heavy (non-hydrogen) atoms. The maximum absolute atomic E-state index is 12.7. The third-order valence-corrected chi connectivity index (χ3v) is 6.29. The number of rotatable bonds is 8. The molecule has 2 aliphatic rings. The van der Waals surface area contributed by atoms with E-state index in [1.165, 1.54) is 12.8 Å². The largest absolute Gasteiger partial charge is 0.493 e. The van der Waals surface area contributed by atoms with Crippen molar-refractivity contribution in [3.63, 3.8) is 0 Å². The van der Waals surface area contributed by atoms with Gasteiger partial charge in [0.1, 0.15) is 0 Å². The Hall–Kier alpha value is -2.89. The Labute approximate surface area is 184 Å². The number of amides is 1. The summed E-state index contributed by atoms with van der Waals surface area (Å²) in [5, 5.41) is 0. The lowest BCUT2D eigenvalue weighted by molar-refractivity contribution is -0.128. The molecule has 2 fully saturated rings. The lowest BCUT2D eigenvalue weighted by Gasteiger charge is -2.20. The fraction of sp³-hybridized carbons (Fsp3) is 0.480. The van der Waals surface area contributed by atoms with Gasteiger partial charge in [-0.05, 0) is 61.1 Å². The first kappa shape index (κ1) is 21.3. The Morgan fingerprint density at radius 2 is 1.55 bits per heavy atom. The van der Waals surface area contributed by atoms with E-state index in [1.54, 1.807) is 21.3 Å². The molecular weight excluding hydrogens is 394 g/mol. The first-order valence-corrected chi connectivity index (χ1v) is 10.9. The van der Waals surface area contributed by atoms with E-state index in [2.05, 4.69) is 12.1 Å². The third kappa shape index (κ3) is 4.73. The molecule has 0 aromatic heterocycles. The van der Waals surface area contributed by atoms with E-state index < -0.39 is 0 Å². The first-order valence-electron chi connectivity index (χ1n) is 10.9. The van der Waals surface area contributed by atoms with E-state index >= 15 is 0 Å². The van der Waals surface area contributed by atoms with Gasteiger partial charge in [0.05, 0.1) is 27.4 Å². The summed E-state index contributed by atoms with van der Waals surface area (Å²) in [5.41, 5.74) is 2.14. The van der Waals surface area contributed by atoms with Gasteiger partial charge in [-0.15, -0.1) is 0 Å². The fourth-order valence-corrected chi connectivity index (χ4v) is 4.57. The molecule has 166 valence electrons. The smallest absolute Gasteiger partial charge is 0.223 e. The number of nitrogens with zero attached hydrogens (tertiary/aromatic N) is 1. The van der Waals surface area contributed by atoms with Crippen molar-refractivity contribution in [3.8, 4) is 23.0 Å². The van der Waals surface area contributed by atoms with Crippen LogP contribution in [0.3, 0.4) is 0 Å². The van der Waals surface area contributed by atoms with Crippen molar-refractivity contribution in [2.45, 2.75) is 50.7 Å². The van der Waals surface area contributed by atoms with Gasteiger partial charge in [-0.25, -0.2) is 0 Å². The molecule has 1 saturated carbocycles. The van der Waals surface area contributed by atoms with Gasteiger partial charge in [0, 0.05) is 25.4 Å². The molecule has 4 rings (SSSR count). The lowest BCUT2D eigenvalue weighted by Crippen LogP contribution is -2.24. The van der Waals surface area contributed by atoms with Crippen LogP contribution < -0.4 is 18.9 Å². The van der Waals surface area contributed by atoms with Gasteiger partial charge in [-0.3, -0.25) is 4.79 Å². The van der Waals surface area contributed by atoms with Crippen LogP contribution in [0.2, 0.25) is 0 Å². The number of hydrogen-bond acceptors (Lipinski definition) is 5. The van der Waals surface area contributed by atoms with Crippen LogP contribution in [0.4, 0.5) is 0 Å².